The van der Waals surface area contributed by atoms with E-state index in [1.54, 1.807) is 32.0 Å². The van der Waals surface area contributed by atoms with Gasteiger partial charge in [0.25, 0.3) is 5.91 Å². The van der Waals surface area contributed by atoms with Gasteiger partial charge in [-0.3, -0.25) is 9.59 Å². The number of carbonyl (C=O) groups excluding carboxylic acids is 2. The highest BCUT2D eigenvalue weighted by Gasteiger charge is 2.23. The molecule has 2 N–H and O–H groups in total. The fourth-order valence-corrected chi connectivity index (χ4v) is 1.54. The zero-order chi connectivity index (χ0) is 12.4. The fourth-order valence-electron chi connectivity index (χ4n) is 1.54. The van der Waals surface area contributed by atoms with Gasteiger partial charge >= 0.3 is 0 Å². The number of rotatable bonds is 2. The molecule has 1 aliphatic rings. The third-order valence-electron chi connectivity index (χ3n) is 2.52. The molecule has 0 fully saturated rings. The summed E-state index contributed by atoms with van der Waals surface area (Å²) in [6.07, 6.45) is -0.0738. The van der Waals surface area contributed by atoms with Crippen molar-refractivity contribution in [1.29, 1.82) is 0 Å². The topological polar surface area (TPSA) is 67.4 Å². The molecule has 0 saturated heterocycles. The standard InChI is InChI=1S/C12H14N2O3/c1-3-11(15)13-8-4-5-10-9(6-8)14-12(16)7(2)17-10/h4-7H,3H2,1-2H3,(H,13,15)(H,14,16)/t7-/m1/s1. The third-order valence-corrected chi connectivity index (χ3v) is 2.52. The normalized spacial score (nSPS) is 17.8. The van der Waals surface area contributed by atoms with E-state index in [9.17, 15) is 9.59 Å². The van der Waals surface area contributed by atoms with Crippen molar-refractivity contribution in [3.63, 3.8) is 0 Å². The molecule has 0 aliphatic carbocycles. The second kappa shape index (κ2) is 4.45. The Morgan fingerprint density at radius 1 is 1.53 bits per heavy atom. The van der Waals surface area contributed by atoms with E-state index in [-0.39, 0.29) is 11.8 Å². The van der Waals surface area contributed by atoms with Gasteiger partial charge in [0.2, 0.25) is 5.91 Å². The first-order chi connectivity index (χ1) is 8.10. The molecule has 5 nitrogen and oxygen atoms in total. The van der Waals surface area contributed by atoms with Crippen LogP contribution in [0.25, 0.3) is 0 Å². The summed E-state index contributed by atoms with van der Waals surface area (Å²) >= 11 is 0. The number of anilines is 2. The van der Waals surface area contributed by atoms with Crippen LogP contribution in [0.15, 0.2) is 18.2 Å². The molecule has 2 amide bonds. The fraction of sp³-hybridized carbons (Fsp3) is 0.333. The molecule has 0 unspecified atom stereocenters. The molecule has 1 aromatic rings. The monoisotopic (exact) mass is 234 g/mol. The smallest absolute Gasteiger partial charge is 0.265 e. The Morgan fingerprint density at radius 2 is 2.29 bits per heavy atom. The first kappa shape index (κ1) is 11.4. The van der Waals surface area contributed by atoms with Crippen LogP contribution >= 0.6 is 0 Å². The molecule has 0 aromatic heterocycles. The van der Waals surface area contributed by atoms with Crippen molar-refractivity contribution < 1.29 is 14.3 Å². The molecule has 2 rings (SSSR count). The minimum absolute atomic E-state index is 0.0682. The van der Waals surface area contributed by atoms with E-state index < -0.39 is 6.10 Å². The Labute approximate surface area is 99.2 Å². The predicted molar refractivity (Wildman–Crippen MR) is 64.1 cm³/mol. The van der Waals surface area contributed by atoms with Gasteiger partial charge in [0.05, 0.1) is 5.69 Å². The Balaban J connectivity index is 2.22. The minimum Gasteiger partial charge on any atom is -0.479 e. The Hall–Kier alpha value is -2.04. The van der Waals surface area contributed by atoms with Crippen LogP contribution in [0.1, 0.15) is 20.3 Å². The van der Waals surface area contributed by atoms with Crippen molar-refractivity contribution in [2.75, 3.05) is 10.6 Å². The average molecular weight is 234 g/mol. The van der Waals surface area contributed by atoms with E-state index in [4.69, 9.17) is 4.74 Å². The lowest BCUT2D eigenvalue weighted by Crippen LogP contribution is -2.34. The van der Waals surface area contributed by atoms with Crippen LogP contribution in [0.2, 0.25) is 0 Å². The second-order valence-electron chi connectivity index (χ2n) is 3.86. The summed E-state index contributed by atoms with van der Waals surface area (Å²) in [4.78, 5) is 22.7. The van der Waals surface area contributed by atoms with Gasteiger partial charge in [-0.15, -0.1) is 0 Å². The molecular weight excluding hydrogens is 220 g/mol. The molecule has 5 heteroatoms. The molecule has 0 spiro atoms. The van der Waals surface area contributed by atoms with Gasteiger partial charge in [-0.25, -0.2) is 0 Å². The van der Waals surface area contributed by atoms with Crippen molar-refractivity contribution in [3.05, 3.63) is 18.2 Å². The van der Waals surface area contributed by atoms with Crippen LogP contribution in [0.4, 0.5) is 11.4 Å². The van der Waals surface area contributed by atoms with E-state index in [0.29, 0.717) is 23.5 Å². The first-order valence-electron chi connectivity index (χ1n) is 5.51. The van der Waals surface area contributed by atoms with E-state index in [0.717, 1.165) is 0 Å². The van der Waals surface area contributed by atoms with Crippen molar-refractivity contribution in [2.45, 2.75) is 26.4 Å². The summed E-state index contributed by atoms with van der Waals surface area (Å²) < 4.78 is 5.41. The number of fused-ring (bicyclic) bond motifs is 1. The number of carbonyl (C=O) groups is 2. The molecule has 90 valence electrons. The number of hydrogen-bond acceptors (Lipinski definition) is 3. The van der Waals surface area contributed by atoms with Crippen LogP contribution in [-0.4, -0.2) is 17.9 Å². The lowest BCUT2D eigenvalue weighted by Gasteiger charge is -2.23. The predicted octanol–water partition coefficient (Wildman–Crippen LogP) is 1.75. The van der Waals surface area contributed by atoms with E-state index in [2.05, 4.69) is 10.6 Å². The summed E-state index contributed by atoms with van der Waals surface area (Å²) in [5, 5.41) is 5.45. The van der Waals surface area contributed by atoms with Crippen molar-refractivity contribution in [1.82, 2.24) is 0 Å². The molecular formula is C12H14N2O3. The Morgan fingerprint density at radius 3 is 3.00 bits per heavy atom. The number of amides is 2. The zero-order valence-corrected chi connectivity index (χ0v) is 9.74. The quantitative estimate of drug-likeness (QED) is 0.819. The van der Waals surface area contributed by atoms with Crippen LogP contribution < -0.4 is 15.4 Å². The van der Waals surface area contributed by atoms with Crippen LogP contribution in [-0.2, 0) is 9.59 Å². The molecule has 1 aromatic carbocycles. The summed E-state index contributed by atoms with van der Waals surface area (Å²) in [7, 11) is 0. The van der Waals surface area contributed by atoms with Crippen LogP contribution in [0, 0.1) is 0 Å². The maximum Gasteiger partial charge on any atom is 0.265 e. The first-order valence-corrected chi connectivity index (χ1v) is 5.51. The van der Waals surface area contributed by atoms with Gasteiger partial charge in [0.15, 0.2) is 6.10 Å². The van der Waals surface area contributed by atoms with Gasteiger partial charge in [0, 0.05) is 12.1 Å². The average Bonchev–Trinajstić information content (AvgIpc) is 2.31. The number of ether oxygens (including phenoxy) is 1. The van der Waals surface area contributed by atoms with Crippen molar-refractivity contribution in [3.8, 4) is 5.75 Å². The van der Waals surface area contributed by atoms with Gasteiger partial charge in [-0.05, 0) is 25.1 Å². The maximum atomic E-state index is 11.4. The van der Waals surface area contributed by atoms with Gasteiger partial charge in [0.1, 0.15) is 5.75 Å². The zero-order valence-electron chi connectivity index (χ0n) is 9.74. The molecule has 0 radical (unpaired) electrons. The largest absolute Gasteiger partial charge is 0.479 e. The van der Waals surface area contributed by atoms with Gasteiger partial charge in [-0.2, -0.15) is 0 Å². The maximum absolute atomic E-state index is 11.4. The van der Waals surface area contributed by atoms with Crippen LogP contribution in [0.5, 0.6) is 5.75 Å². The number of nitrogens with one attached hydrogen (secondary N) is 2. The van der Waals surface area contributed by atoms with Crippen molar-refractivity contribution >= 4 is 23.2 Å². The lowest BCUT2D eigenvalue weighted by molar-refractivity contribution is -0.122. The summed E-state index contributed by atoms with van der Waals surface area (Å²) in [5.41, 5.74) is 1.23. The number of hydrogen-bond donors (Lipinski definition) is 2. The second-order valence-corrected chi connectivity index (χ2v) is 3.86. The molecule has 1 heterocycles. The minimum atomic E-state index is -0.487. The molecule has 1 aliphatic heterocycles. The summed E-state index contributed by atoms with van der Waals surface area (Å²) in [6.45, 7) is 3.46. The lowest BCUT2D eigenvalue weighted by atomic mass is 10.2. The highest BCUT2D eigenvalue weighted by atomic mass is 16.5. The van der Waals surface area contributed by atoms with Crippen LogP contribution in [0.3, 0.4) is 0 Å². The molecule has 1 atom stereocenters. The molecule has 0 bridgehead atoms. The molecule has 17 heavy (non-hydrogen) atoms. The number of benzene rings is 1. The van der Waals surface area contributed by atoms with E-state index in [1.165, 1.54) is 0 Å². The van der Waals surface area contributed by atoms with Gasteiger partial charge < -0.3 is 15.4 Å². The Kier molecular flexibility index (Phi) is 2.99. The van der Waals surface area contributed by atoms with Crippen molar-refractivity contribution in [2.24, 2.45) is 0 Å². The highest BCUT2D eigenvalue weighted by Crippen LogP contribution is 2.32. The summed E-state index contributed by atoms with van der Waals surface area (Å²) in [6, 6.07) is 5.17. The third kappa shape index (κ3) is 2.38. The molecule has 0 saturated carbocycles. The summed E-state index contributed by atoms with van der Waals surface area (Å²) in [5.74, 6) is 0.365. The highest BCUT2D eigenvalue weighted by molar-refractivity contribution is 5.99. The Bertz CT molecular complexity index is 471. The van der Waals surface area contributed by atoms with Gasteiger partial charge in [-0.1, -0.05) is 6.92 Å². The van der Waals surface area contributed by atoms with E-state index >= 15 is 0 Å². The SMILES string of the molecule is CCC(=O)Nc1ccc2c(c1)NC(=O)[C@@H](C)O2. The van der Waals surface area contributed by atoms with E-state index in [1.807, 2.05) is 0 Å².